The summed E-state index contributed by atoms with van der Waals surface area (Å²) in [5, 5.41) is 7.62. The van der Waals surface area contributed by atoms with E-state index in [0.717, 1.165) is 67.0 Å². The van der Waals surface area contributed by atoms with Crippen LogP contribution in [0.2, 0.25) is 5.02 Å². The number of furan rings is 1. The van der Waals surface area contributed by atoms with Gasteiger partial charge < -0.3 is 19.8 Å². The number of hydrogen-bond acceptors (Lipinski definition) is 3. The molecule has 0 radical (unpaired) electrons. The van der Waals surface area contributed by atoms with E-state index in [0.29, 0.717) is 12.5 Å². The molecule has 2 aromatic rings. The maximum atomic E-state index is 6.10. The van der Waals surface area contributed by atoms with Crippen molar-refractivity contribution < 1.29 is 9.15 Å². The van der Waals surface area contributed by atoms with E-state index in [1.807, 2.05) is 31.2 Å². The lowest BCUT2D eigenvalue weighted by molar-refractivity contribution is 0.186. The second-order valence-corrected chi connectivity index (χ2v) is 7.02. The van der Waals surface area contributed by atoms with Crippen molar-refractivity contribution in [2.45, 2.75) is 26.3 Å². The minimum absolute atomic E-state index is 0. The molecule has 5 nitrogen and oxygen atoms in total. The zero-order chi connectivity index (χ0) is 18.2. The summed E-state index contributed by atoms with van der Waals surface area (Å²) in [6.45, 7) is 5.93. The maximum absolute atomic E-state index is 6.10. The van der Waals surface area contributed by atoms with Crippen molar-refractivity contribution in [3.8, 4) is 0 Å². The predicted molar refractivity (Wildman–Crippen MR) is 120 cm³/mol. The van der Waals surface area contributed by atoms with Crippen molar-refractivity contribution >= 4 is 41.5 Å². The average Bonchev–Trinajstić information content (AvgIpc) is 3.33. The second kappa shape index (κ2) is 11.6. The van der Waals surface area contributed by atoms with Gasteiger partial charge in [0, 0.05) is 37.1 Å². The van der Waals surface area contributed by atoms with Crippen molar-refractivity contribution in [3.05, 3.63) is 58.5 Å². The summed E-state index contributed by atoms with van der Waals surface area (Å²) < 4.78 is 10.8. The number of benzene rings is 1. The molecule has 2 N–H and O–H groups in total. The molecule has 1 unspecified atom stereocenters. The van der Waals surface area contributed by atoms with Crippen LogP contribution in [0.1, 0.15) is 23.3 Å². The molecule has 1 aromatic heterocycles. The Kier molecular flexibility index (Phi) is 9.44. The van der Waals surface area contributed by atoms with Gasteiger partial charge in [0.2, 0.25) is 0 Å². The molecule has 1 aliphatic heterocycles. The zero-order valence-electron chi connectivity index (χ0n) is 15.5. The van der Waals surface area contributed by atoms with Crippen LogP contribution in [0, 0.1) is 12.8 Å². The molecule has 148 valence electrons. The third-order valence-electron chi connectivity index (χ3n) is 4.47. The number of guanidine groups is 1. The van der Waals surface area contributed by atoms with Crippen LogP contribution in [-0.4, -0.2) is 32.3 Å². The molecule has 0 bridgehead atoms. The molecule has 0 aliphatic carbocycles. The third-order valence-corrected chi connectivity index (χ3v) is 4.89. The van der Waals surface area contributed by atoms with Crippen LogP contribution in [0.4, 0.5) is 0 Å². The van der Waals surface area contributed by atoms with E-state index in [9.17, 15) is 0 Å². The first-order valence-electron chi connectivity index (χ1n) is 9.08. The second-order valence-electron chi connectivity index (χ2n) is 6.62. The van der Waals surface area contributed by atoms with E-state index < -0.39 is 0 Å². The summed E-state index contributed by atoms with van der Waals surface area (Å²) in [4.78, 5) is 4.72. The molecular weight excluding hydrogens is 477 g/mol. The number of ether oxygens (including phenoxy) is 1. The molecule has 0 spiro atoms. The van der Waals surface area contributed by atoms with E-state index in [1.54, 1.807) is 6.26 Å². The van der Waals surface area contributed by atoms with Crippen LogP contribution in [0.15, 0.2) is 46.0 Å². The van der Waals surface area contributed by atoms with Crippen molar-refractivity contribution in [1.29, 1.82) is 0 Å². The molecule has 1 fully saturated rings. The number of nitrogens with zero attached hydrogens (tertiary/aromatic N) is 1. The van der Waals surface area contributed by atoms with Gasteiger partial charge in [-0.2, -0.15) is 0 Å². The Morgan fingerprint density at radius 2 is 2.19 bits per heavy atom. The SMILES string of the molecule is Cc1cc(CN=C(NCCc2ccco2)NCC2CCOC2)ccc1Cl.I. The molecule has 1 aliphatic rings. The maximum Gasteiger partial charge on any atom is 0.191 e. The summed E-state index contributed by atoms with van der Waals surface area (Å²) in [5.74, 6) is 2.33. The highest BCUT2D eigenvalue weighted by Crippen LogP contribution is 2.16. The molecule has 0 saturated carbocycles. The molecule has 1 atom stereocenters. The number of aliphatic imine (C=N–C) groups is 1. The fourth-order valence-electron chi connectivity index (χ4n) is 2.89. The highest BCUT2D eigenvalue weighted by Gasteiger charge is 2.15. The minimum Gasteiger partial charge on any atom is -0.469 e. The number of halogens is 2. The fraction of sp³-hybridized carbons (Fsp3) is 0.450. The molecule has 2 heterocycles. The Morgan fingerprint density at radius 3 is 2.89 bits per heavy atom. The molecule has 0 amide bonds. The van der Waals surface area contributed by atoms with Crippen LogP contribution < -0.4 is 10.6 Å². The normalized spacial score (nSPS) is 16.8. The smallest absolute Gasteiger partial charge is 0.191 e. The van der Waals surface area contributed by atoms with Crippen molar-refractivity contribution in [2.75, 3.05) is 26.3 Å². The Hall–Kier alpha value is -1.25. The van der Waals surface area contributed by atoms with Gasteiger partial charge in [0.05, 0.1) is 19.4 Å². The van der Waals surface area contributed by atoms with Gasteiger partial charge in [-0.1, -0.05) is 23.7 Å². The molecule has 1 saturated heterocycles. The van der Waals surface area contributed by atoms with Gasteiger partial charge in [0.15, 0.2) is 5.96 Å². The van der Waals surface area contributed by atoms with Gasteiger partial charge in [0.25, 0.3) is 0 Å². The highest BCUT2D eigenvalue weighted by atomic mass is 127. The van der Waals surface area contributed by atoms with Crippen molar-refractivity contribution in [3.63, 3.8) is 0 Å². The lowest BCUT2D eigenvalue weighted by Gasteiger charge is -2.15. The lowest BCUT2D eigenvalue weighted by atomic mass is 10.1. The van der Waals surface area contributed by atoms with E-state index in [2.05, 4.69) is 16.7 Å². The van der Waals surface area contributed by atoms with E-state index >= 15 is 0 Å². The molecule has 27 heavy (non-hydrogen) atoms. The largest absolute Gasteiger partial charge is 0.469 e. The van der Waals surface area contributed by atoms with Gasteiger partial charge >= 0.3 is 0 Å². The van der Waals surface area contributed by atoms with Gasteiger partial charge in [0.1, 0.15) is 5.76 Å². The van der Waals surface area contributed by atoms with Crippen LogP contribution in [-0.2, 0) is 17.7 Å². The molecule has 7 heteroatoms. The standard InChI is InChI=1S/C20H26ClN3O2.HI/c1-15-11-16(4-5-19(15)21)12-23-20(24-13-17-7-10-25-14-17)22-8-6-18-3-2-9-26-18;/h2-5,9,11,17H,6-8,10,12-14H2,1H3,(H2,22,23,24);1H. The first-order chi connectivity index (χ1) is 12.7. The minimum atomic E-state index is 0. The van der Waals surface area contributed by atoms with Crippen molar-refractivity contribution in [2.24, 2.45) is 10.9 Å². The van der Waals surface area contributed by atoms with Crippen molar-refractivity contribution in [1.82, 2.24) is 10.6 Å². The third kappa shape index (κ3) is 7.35. The summed E-state index contributed by atoms with van der Waals surface area (Å²) in [7, 11) is 0. The first kappa shape index (κ1) is 22.0. The average molecular weight is 504 g/mol. The van der Waals surface area contributed by atoms with E-state index in [-0.39, 0.29) is 24.0 Å². The Balaban J connectivity index is 0.00000261. The quantitative estimate of drug-likeness (QED) is 0.338. The van der Waals surface area contributed by atoms with Gasteiger partial charge in [-0.25, -0.2) is 4.99 Å². The van der Waals surface area contributed by atoms with Crippen LogP contribution in [0.25, 0.3) is 0 Å². The Labute approximate surface area is 182 Å². The van der Waals surface area contributed by atoms with Crippen LogP contribution in [0.3, 0.4) is 0 Å². The zero-order valence-corrected chi connectivity index (χ0v) is 18.6. The summed E-state index contributed by atoms with van der Waals surface area (Å²) in [6.07, 6.45) is 3.62. The predicted octanol–water partition coefficient (Wildman–Crippen LogP) is 4.17. The first-order valence-corrected chi connectivity index (χ1v) is 9.46. The van der Waals surface area contributed by atoms with Gasteiger partial charge in [-0.05, 0) is 42.7 Å². The number of aryl methyl sites for hydroxylation is 1. The van der Waals surface area contributed by atoms with Crippen LogP contribution >= 0.6 is 35.6 Å². The van der Waals surface area contributed by atoms with Gasteiger partial charge in [-0.3, -0.25) is 0 Å². The van der Waals surface area contributed by atoms with E-state index in [4.69, 9.17) is 25.7 Å². The summed E-state index contributed by atoms with van der Waals surface area (Å²) >= 11 is 6.10. The molecule has 3 rings (SSSR count). The Bertz CT molecular complexity index is 716. The number of rotatable bonds is 7. The monoisotopic (exact) mass is 503 g/mol. The fourth-order valence-corrected chi connectivity index (χ4v) is 3.01. The molecule has 1 aromatic carbocycles. The summed E-state index contributed by atoms with van der Waals surface area (Å²) in [6, 6.07) is 9.92. The topological polar surface area (TPSA) is 58.8 Å². The number of hydrogen-bond donors (Lipinski definition) is 2. The van der Waals surface area contributed by atoms with Crippen LogP contribution in [0.5, 0.6) is 0 Å². The van der Waals surface area contributed by atoms with Gasteiger partial charge in [-0.15, -0.1) is 24.0 Å². The summed E-state index contributed by atoms with van der Waals surface area (Å²) in [5.41, 5.74) is 2.21. The molecular formula is C20H27ClIN3O2. The van der Waals surface area contributed by atoms with E-state index in [1.165, 1.54) is 0 Å². The Morgan fingerprint density at radius 1 is 1.30 bits per heavy atom. The number of nitrogens with one attached hydrogen (secondary N) is 2. The lowest BCUT2D eigenvalue weighted by Crippen LogP contribution is -2.40. The highest BCUT2D eigenvalue weighted by molar-refractivity contribution is 14.0.